The largest absolute Gasteiger partial charge is 0.441 e. The topological polar surface area (TPSA) is 93.8 Å². The van der Waals surface area contributed by atoms with Crippen LogP contribution in [0.4, 0.5) is 13.2 Å². The molecule has 0 saturated heterocycles. The van der Waals surface area contributed by atoms with E-state index in [1.165, 1.54) is 0 Å². The molecule has 1 amide bonds. The summed E-state index contributed by atoms with van der Waals surface area (Å²) in [7, 11) is 0. The van der Waals surface area contributed by atoms with Gasteiger partial charge in [0, 0.05) is 29.8 Å². The Morgan fingerprint density at radius 2 is 2.00 bits per heavy atom. The van der Waals surface area contributed by atoms with Gasteiger partial charge in [-0.15, -0.1) is 0 Å². The van der Waals surface area contributed by atoms with E-state index >= 15 is 0 Å². The van der Waals surface area contributed by atoms with Gasteiger partial charge in [-0.05, 0) is 37.8 Å². The molecule has 1 fully saturated rings. The van der Waals surface area contributed by atoms with Gasteiger partial charge in [-0.1, -0.05) is 0 Å². The zero-order valence-electron chi connectivity index (χ0n) is 16.3. The van der Waals surface area contributed by atoms with Crippen molar-refractivity contribution in [3.8, 4) is 11.5 Å². The molecule has 1 unspecified atom stereocenters. The van der Waals surface area contributed by atoms with Crippen LogP contribution in [0.5, 0.6) is 0 Å². The molecule has 3 heterocycles. The number of fused-ring (bicyclic) bond motifs is 1. The number of hydrogen-bond acceptors (Lipinski definition) is 6. The highest BCUT2D eigenvalue weighted by Crippen LogP contribution is 2.40. The van der Waals surface area contributed by atoms with Crippen molar-refractivity contribution in [2.75, 3.05) is 0 Å². The molecule has 0 spiro atoms. The van der Waals surface area contributed by atoms with E-state index in [4.69, 9.17) is 4.42 Å². The molecule has 0 aromatic carbocycles. The van der Waals surface area contributed by atoms with Crippen LogP contribution in [0.1, 0.15) is 71.0 Å². The van der Waals surface area contributed by atoms with E-state index in [-0.39, 0.29) is 0 Å². The molecule has 0 bridgehead atoms. The second-order valence-electron chi connectivity index (χ2n) is 7.78. The van der Waals surface area contributed by atoms with Gasteiger partial charge in [0.25, 0.3) is 5.91 Å². The maximum atomic E-state index is 12.9. The number of oxazole rings is 1. The number of alkyl halides is 3. The van der Waals surface area contributed by atoms with E-state index in [1.54, 1.807) is 6.20 Å². The second kappa shape index (κ2) is 7.44. The van der Waals surface area contributed by atoms with Crippen molar-refractivity contribution in [3.05, 3.63) is 59.3 Å². The van der Waals surface area contributed by atoms with Crippen LogP contribution in [-0.2, 0) is 12.6 Å². The molecule has 5 rings (SSSR count). The van der Waals surface area contributed by atoms with Crippen molar-refractivity contribution in [3.63, 3.8) is 0 Å². The summed E-state index contributed by atoms with van der Waals surface area (Å²) in [4.78, 5) is 28.5. The van der Waals surface area contributed by atoms with Gasteiger partial charge in [0.05, 0.1) is 18.4 Å². The van der Waals surface area contributed by atoms with Gasteiger partial charge in [-0.2, -0.15) is 13.2 Å². The van der Waals surface area contributed by atoms with Crippen molar-refractivity contribution in [2.24, 2.45) is 0 Å². The summed E-state index contributed by atoms with van der Waals surface area (Å²) < 4.78 is 44.6. The van der Waals surface area contributed by atoms with E-state index in [2.05, 4.69) is 25.3 Å². The molecule has 160 valence electrons. The lowest BCUT2D eigenvalue weighted by atomic mass is 9.96. The van der Waals surface area contributed by atoms with E-state index in [9.17, 15) is 18.0 Å². The van der Waals surface area contributed by atoms with Crippen LogP contribution in [0.3, 0.4) is 0 Å². The first-order valence-electron chi connectivity index (χ1n) is 10.0. The second-order valence-corrected chi connectivity index (χ2v) is 7.78. The molecule has 3 aromatic heterocycles. The number of carbonyl (C=O) groups is 1. The summed E-state index contributed by atoms with van der Waals surface area (Å²) in [5, 5.41) is 2.73. The first kappa shape index (κ1) is 19.7. The minimum atomic E-state index is -4.67. The SMILES string of the molecule is O=C(NC1CCCc2oc(-c3ccnc(C4CC4)c3)nc21)c1cncc(C(F)(F)F)n1. The minimum Gasteiger partial charge on any atom is -0.441 e. The Morgan fingerprint density at radius 3 is 2.77 bits per heavy atom. The molecular formula is C21H18F3N5O2. The number of halogens is 3. The Balaban J connectivity index is 1.38. The highest BCUT2D eigenvalue weighted by molar-refractivity contribution is 5.92. The van der Waals surface area contributed by atoms with E-state index in [0.717, 1.165) is 36.7 Å². The van der Waals surface area contributed by atoms with Crippen molar-refractivity contribution < 1.29 is 22.4 Å². The van der Waals surface area contributed by atoms with Gasteiger partial charge in [0.2, 0.25) is 5.89 Å². The van der Waals surface area contributed by atoms with Gasteiger partial charge >= 0.3 is 6.18 Å². The summed E-state index contributed by atoms with van der Waals surface area (Å²) >= 11 is 0. The third-order valence-electron chi connectivity index (χ3n) is 5.44. The molecule has 1 atom stereocenters. The number of hydrogen-bond donors (Lipinski definition) is 1. The molecule has 1 N–H and O–H groups in total. The van der Waals surface area contributed by atoms with Crippen LogP contribution < -0.4 is 5.32 Å². The fourth-order valence-electron chi connectivity index (χ4n) is 3.71. The lowest BCUT2D eigenvalue weighted by Crippen LogP contribution is -2.32. The molecule has 7 nitrogen and oxygen atoms in total. The third kappa shape index (κ3) is 4.01. The average molecular weight is 429 g/mol. The third-order valence-corrected chi connectivity index (χ3v) is 5.44. The molecule has 0 radical (unpaired) electrons. The smallest absolute Gasteiger partial charge is 0.434 e. The van der Waals surface area contributed by atoms with Crippen LogP contribution >= 0.6 is 0 Å². The Hall–Kier alpha value is -3.30. The average Bonchev–Trinajstić information content (AvgIpc) is 3.52. The zero-order chi connectivity index (χ0) is 21.6. The van der Waals surface area contributed by atoms with Crippen LogP contribution in [0.2, 0.25) is 0 Å². The fraction of sp³-hybridized carbons (Fsp3) is 0.381. The maximum absolute atomic E-state index is 12.9. The summed E-state index contributed by atoms with van der Waals surface area (Å²) in [6.07, 6.45) is 2.95. The van der Waals surface area contributed by atoms with Gasteiger partial charge < -0.3 is 9.73 Å². The van der Waals surface area contributed by atoms with Crippen LogP contribution in [-0.4, -0.2) is 25.8 Å². The summed E-state index contributed by atoms with van der Waals surface area (Å²) in [5.74, 6) is 0.881. The van der Waals surface area contributed by atoms with Gasteiger partial charge in [-0.3, -0.25) is 14.8 Å². The van der Waals surface area contributed by atoms with Gasteiger partial charge in [0.1, 0.15) is 17.1 Å². The normalized spacial score (nSPS) is 18.5. The van der Waals surface area contributed by atoms with Crippen LogP contribution in [0.15, 0.2) is 35.1 Å². The van der Waals surface area contributed by atoms with Crippen molar-refractivity contribution in [1.82, 2.24) is 25.3 Å². The molecule has 0 aliphatic heterocycles. The van der Waals surface area contributed by atoms with E-state index in [1.807, 2.05) is 12.1 Å². The van der Waals surface area contributed by atoms with Crippen molar-refractivity contribution in [1.29, 1.82) is 0 Å². The number of amides is 1. The molecule has 2 aliphatic rings. The summed E-state index contributed by atoms with van der Waals surface area (Å²) in [5.41, 5.74) is 0.826. The fourth-order valence-corrected chi connectivity index (χ4v) is 3.71. The predicted molar refractivity (Wildman–Crippen MR) is 102 cm³/mol. The molecule has 3 aromatic rings. The van der Waals surface area contributed by atoms with Crippen LogP contribution in [0, 0.1) is 0 Å². The van der Waals surface area contributed by atoms with Crippen molar-refractivity contribution >= 4 is 5.91 Å². The number of pyridine rings is 1. The number of rotatable bonds is 4. The number of aryl methyl sites for hydroxylation is 1. The molecule has 1 saturated carbocycles. The van der Waals surface area contributed by atoms with Gasteiger partial charge in [0.15, 0.2) is 5.69 Å². The predicted octanol–water partition coefficient (Wildman–Crippen LogP) is 4.23. The van der Waals surface area contributed by atoms with Gasteiger partial charge in [-0.25, -0.2) is 9.97 Å². The minimum absolute atomic E-state index is 0.395. The Morgan fingerprint density at radius 1 is 1.16 bits per heavy atom. The zero-order valence-corrected chi connectivity index (χ0v) is 16.3. The van der Waals surface area contributed by atoms with E-state index in [0.29, 0.717) is 42.3 Å². The Kier molecular flexibility index (Phi) is 4.71. The summed E-state index contributed by atoms with van der Waals surface area (Å²) in [6.45, 7) is 0. The molecule has 31 heavy (non-hydrogen) atoms. The van der Waals surface area contributed by atoms with Crippen molar-refractivity contribution in [2.45, 2.75) is 50.2 Å². The number of nitrogens with one attached hydrogen (secondary N) is 1. The first-order chi connectivity index (χ1) is 14.9. The standard InChI is InChI=1S/C21H18F3N5O2/c22-21(23,24)17-10-25-9-15(27-17)19(30)28-13-2-1-3-16-18(13)29-20(31-16)12-6-7-26-14(8-12)11-4-5-11/h6-11,13H,1-5H2,(H,28,30). The molecular weight excluding hydrogens is 411 g/mol. The highest BCUT2D eigenvalue weighted by Gasteiger charge is 2.34. The number of carbonyl (C=O) groups excluding carboxylic acids is 1. The lowest BCUT2D eigenvalue weighted by Gasteiger charge is -2.21. The maximum Gasteiger partial charge on any atom is 0.434 e. The Bertz CT molecular complexity index is 1140. The van der Waals surface area contributed by atoms with Crippen LogP contribution in [0.25, 0.3) is 11.5 Å². The van der Waals surface area contributed by atoms with E-state index < -0.39 is 29.5 Å². The first-order valence-corrected chi connectivity index (χ1v) is 10.0. The molecule has 10 heteroatoms. The number of nitrogens with zero attached hydrogens (tertiary/aromatic N) is 4. The quantitative estimate of drug-likeness (QED) is 0.667. The lowest BCUT2D eigenvalue weighted by molar-refractivity contribution is -0.141. The number of aromatic nitrogens is 4. The monoisotopic (exact) mass is 429 g/mol. The highest BCUT2D eigenvalue weighted by atomic mass is 19.4. The molecule has 2 aliphatic carbocycles. The summed E-state index contributed by atoms with van der Waals surface area (Å²) in [6, 6.07) is 3.32. The Labute approximate surface area is 175 Å².